The van der Waals surface area contributed by atoms with Crippen LogP contribution in [0.3, 0.4) is 0 Å². The van der Waals surface area contributed by atoms with Crippen LogP contribution < -0.4 is 26.2 Å². The van der Waals surface area contributed by atoms with E-state index in [0.717, 1.165) is 6.07 Å². The van der Waals surface area contributed by atoms with Crippen LogP contribution in [-0.2, 0) is 21.8 Å². The average molecular weight is 407 g/mol. The molecule has 1 atom stereocenters. The summed E-state index contributed by atoms with van der Waals surface area (Å²) in [6.45, 7) is 0.650. The number of ether oxygens (including phenoxy) is 1. The van der Waals surface area contributed by atoms with Crippen LogP contribution in [0.4, 0.5) is 13.2 Å². The molecular formula is C14H13F3N3O6P-2. The molecule has 0 aliphatic carbocycles. The van der Waals surface area contributed by atoms with Crippen LogP contribution in [0.5, 0.6) is 0 Å². The number of morpholine rings is 1. The standard InChI is InChI=1S/C14H15F3N3O6P/c15-14(16,17)8-4-9-10(3-7(8)11-5-18-1-2-26-11)20(6-27(23,24)25)13(22)12(21)19-9/h3-4,11,18H,1-2,5-6H2,(H,19,21)(H2,23,24,25)/p-2. The maximum absolute atomic E-state index is 13.5. The molecule has 1 aromatic carbocycles. The van der Waals surface area contributed by atoms with Crippen molar-refractivity contribution in [3.63, 3.8) is 0 Å². The highest BCUT2D eigenvalue weighted by molar-refractivity contribution is 7.47. The van der Waals surface area contributed by atoms with Crippen molar-refractivity contribution >= 4 is 18.6 Å². The molecule has 2 N–H and O–H groups in total. The first-order valence-electron chi connectivity index (χ1n) is 7.69. The highest BCUT2D eigenvalue weighted by atomic mass is 31.2. The van der Waals surface area contributed by atoms with Crippen LogP contribution in [-0.4, -0.2) is 29.2 Å². The summed E-state index contributed by atoms with van der Waals surface area (Å²) in [6.07, 6.45) is -7.17. The topological polar surface area (TPSA) is 139 Å². The summed E-state index contributed by atoms with van der Waals surface area (Å²) >= 11 is 0. The van der Waals surface area contributed by atoms with Gasteiger partial charge in [-0.2, -0.15) is 13.2 Å². The van der Waals surface area contributed by atoms with Crippen LogP contribution in [0.15, 0.2) is 21.7 Å². The molecule has 0 radical (unpaired) electrons. The van der Waals surface area contributed by atoms with Gasteiger partial charge in [-0.15, -0.1) is 0 Å². The third-order valence-corrected chi connectivity index (χ3v) is 4.67. The Morgan fingerprint density at radius 1 is 1.30 bits per heavy atom. The quantitative estimate of drug-likeness (QED) is 0.504. The third kappa shape index (κ3) is 4.14. The molecule has 0 saturated carbocycles. The van der Waals surface area contributed by atoms with Crippen LogP contribution in [0.1, 0.15) is 17.2 Å². The molecule has 1 aliphatic heterocycles. The van der Waals surface area contributed by atoms with Crippen molar-refractivity contribution in [2.45, 2.75) is 18.6 Å². The minimum absolute atomic E-state index is 0.0593. The van der Waals surface area contributed by atoms with Gasteiger partial charge in [-0.05, 0) is 25.3 Å². The molecular weight excluding hydrogens is 394 g/mol. The Kier molecular flexibility index (Phi) is 5.04. The maximum Gasteiger partial charge on any atom is 0.416 e. The minimum atomic E-state index is -5.29. The third-order valence-electron chi connectivity index (χ3n) is 4.04. The predicted octanol–water partition coefficient (Wildman–Crippen LogP) is -0.759. The molecule has 3 rings (SSSR count). The number of benzene rings is 1. The van der Waals surface area contributed by atoms with Gasteiger partial charge in [0.05, 0.1) is 35.6 Å². The lowest BCUT2D eigenvalue weighted by molar-refractivity contribution is -0.315. The molecule has 0 amide bonds. The Hall–Kier alpha value is -1.98. The molecule has 27 heavy (non-hydrogen) atoms. The van der Waals surface area contributed by atoms with Crippen molar-refractivity contribution in [3.8, 4) is 0 Å². The van der Waals surface area contributed by atoms with E-state index in [1.807, 2.05) is 4.98 Å². The summed E-state index contributed by atoms with van der Waals surface area (Å²) in [5.74, 6) is 0. The molecule has 2 aromatic rings. The van der Waals surface area contributed by atoms with E-state index < -0.39 is 48.4 Å². The number of hydrogen-bond acceptors (Lipinski definition) is 7. The fourth-order valence-electron chi connectivity index (χ4n) is 2.93. The zero-order valence-corrected chi connectivity index (χ0v) is 14.4. The van der Waals surface area contributed by atoms with E-state index in [0.29, 0.717) is 17.2 Å². The van der Waals surface area contributed by atoms with Gasteiger partial charge in [-0.1, -0.05) is 0 Å². The molecule has 9 nitrogen and oxygen atoms in total. The van der Waals surface area contributed by atoms with E-state index in [9.17, 15) is 37.1 Å². The Morgan fingerprint density at radius 3 is 2.56 bits per heavy atom. The van der Waals surface area contributed by atoms with Crippen molar-refractivity contribution in [1.82, 2.24) is 14.9 Å². The van der Waals surface area contributed by atoms with Gasteiger partial charge in [0.2, 0.25) is 0 Å². The molecule has 2 heterocycles. The van der Waals surface area contributed by atoms with Gasteiger partial charge in [-0.3, -0.25) is 14.2 Å². The van der Waals surface area contributed by atoms with E-state index in [4.69, 9.17) is 4.74 Å². The second kappa shape index (κ2) is 6.88. The molecule has 1 aromatic heterocycles. The van der Waals surface area contributed by atoms with E-state index in [1.54, 1.807) is 0 Å². The number of aromatic nitrogens is 2. The summed E-state index contributed by atoms with van der Waals surface area (Å²) in [4.78, 5) is 47.9. The SMILES string of the molecule is O=c1[nH]c2cc(C(F)(F)F)c(C3CNCCO3)cc2n(CP(=O)([O-])[O-])c1=O. The number of fused-ring (bicyclic) bond motifs is 1. The Bertz CT molecular complexity index is 1040. The molecule has 1 fully saturated rings. The molecule has 1 saturated heterocycles. The Morgan fingerprint density at radius 2 is 2.00 bits per heavy atom. The average Bonchev–Trinajstić information content (AvgIpc) is 2.57. The smallest absolute Gasteiger partial charge is 0.416 e. The van der Waals surface area contributed by atoms with Gasteiger partial charge < -0.3 is 29.4 Å². The Balaban J connectivity index is 2.34. The van der Waals surface area contributed by atoms with Crippen molar-refractivity contribution < 1.29 is 32.3 Å². The second-order valence-corrected chi connectivity index (χ2v) is 7.46. The van der Waals surface area contributed by atoms with Gasteiger partial charge in [0.1, 0.15) is 0 Å². The predicted molar refractivity (Wildman–Crippen MR) is 83.0 cm³/mol. The largest absolute Gasteiger partial charge is 0.809 e. The van der Waals surface area contributed by atoms with Gasteiger partial charge in [0.25, 0.3) is 0 Å². The molecule has 0 spiro atoms. The van der Waals surface area contributed by atoms with E-state index in [2.05, 4.69) is 5.32 Å². The number of H-pyrrole nitrogens is 1. The highest BCUT2D eigenvalue weighted by Gasteiger charge is 2.37. The van der Waals surface area contributed by atoms with Crippen LogP contribution in [0.25, 0.3) is 11.0 Å². The number of halogens is 3. The lowest BCUT2D eigenvalue weighted by atomic mass is 9.99. The second-order valence-electron chi connectivity index (χ2n) is 5.96. The van der Waals surface area contributed by atoms with Gasteiger partial charge >= 0.3 is 17.3 Å². The summed E-state index contributed by atoms with van der Waals surface area (Å²) < 4.78 is 57.3. The summed E-state index contributed by atoms with van der Waals surface area (Å²) in [5.41, 5.74) is -4.88. The molecule has 148 valence electrons. The van der Waals surface area contributed by atoms with Crippen molar-refractivity contribution in [1.29, 1.82) is 0 Å². The molecule has 0 bridgehead atoms. The lowest BCUT2D eigenvalue weighted by Crippen LogP contribution is -2.38. The first kappa shape index (κ1) is 19.8. The Labute approximate surface area is 148 Å². The molecule has 1 unspecified atom stereocenters. The van der Waals surface area contributed by atoms with Gasteiger partial charge in [-0.25, -0.2) is 0 Å². The maximum atomic E-state index is 13.5. The van der Waals surface area contributed by atoms with Crippen LogP contribution >= 0.6 is 7.60 Å². The summed E-state index contributed by atoms with van der Waals surface area (Å²) in [7, 11) is -5.29. The normalized spacial score (nSPS) is 18.8. The number of rotatable bonds is 3. The number of hydrogen-bond donors (Lipinski definition) is 2. The van der Waals surface area contributed by atoms with Crippen molar-refractivity contribution in [2.24, 2.45) is 0 Å². The lowest BCUT2D eigenvalue weighted by Gasteiger charge is -2.31. The zero-order chi connectivity index (χ0) is 20.0. The number of alkyl halides is 3. The van der Waals surface area contributed by atoms with Gasteiger partial charge in [0, 0.05) is 13.1 Å². The van der Waals surface area contributed by atoms with Crippen molar-refractivity contribution in [3.05, 3.63) is 44.0 Å². The number of nitrogens with one attached hydrogen (secondary N) is 2. The zero-order valence-electron chi connectivity index (χ0n) is 13.5. The highest BCUT2D eigenvalue weighted by Crippen LogP contribution is 2.38. The van der Waals surface area contributed by atoms with E-state index >= 15 is 0 Å². The minimum Gasteiger partial charge on any atom is -0.809 e. The summed E-state index contributed by atoms with van der Waals surface area (Å²) in [6, 6.07) is 1.52. The molecule has 13 heteroatoms. The summed E-state index contributed by atoms with van der Waals surface area (Å²) in [5, 5.41) is 2.87. The van der Waals surface area contributed by atoms with E-state index in [1.165, 1.54) is 0 Å². The van der Waals surface area contributed by atoms with Crippen LogP contribution in [0, 0.1) is 0 Å². The van der Waals surface area contributed by atoms with Crippen LogP contribution in [0.2, 0.25) is 0 Å². The van der Waals surface area contributed by atoms with Crippen molar-refractivity contribution in [2.75, 3.05) is 19.7 Å². The van der Waals surface area contributed by atoms with Gasteiger partial charge in [0.15, 0.2) is 0 Å². The monoisotopic (exact) mass is 407 g/mol. The number of nitrogens with zero attached hydrogens (tertiary/aromatic N) is 1. The molecule has 1 aliphatic rings. The fourth-order valence-corrected chi connectivity index (χ4v) is 3.55. The first-order chi connectivity index (χ1) is 12.5. The van der Waals surface area contributed by atoms with E-state index in [-0.39, 0.29) is 24.2 Å². The first-order valence-corrected chi connectivity index (χ1v) is 9.41. The fraction of sp³-hybridized carbons (Fsp3) is 0.429. The number of aromatic amines is 1.